The van der Waals surface area contributed by atoms with E-state index in [2.05, 4.69) is 14.9 Å². The van der Waals surface area contributed by atoms with Crippen molar-refractivity contribution < 1.29 is 17.9 Å². The summed E-state index contributed by atoms with van der Waals surface area (Å²) in [6, 6.07) is 1.26. The summed E-state index contributed by atoms with van der Waals surface area (Å²) in [5, 5.41) is 0. The van der Waals surface area contributed by atoms with Gasteiger partial charge in [0.25, 0.3) is 0 Å². The van der Waals surface area contributed by atoms with Crippen LogP contribution in [0.15, 0.2) is 6.07 Å². The van der Waals surface area contributed by atoms with Crippen molar-refractivity contribution in [3.05, 3.63) is 17.5 Å². The Kier molecular flexibility index (Phi) is 4.22. The van der Waals surface area contributed by atoms with Crippen molar-refractivity contribution in [1.82, 2.24) is 14.9 Å². The van der Waals surface area contributed by atoms with Gasteiger partial charge < -0.3 is 10.5 Å². The molecule has 8 heteroatoms. The maximum absolute atomic E-state index is 12.9. The Labute approximate surface area is 126 Å². The second-order valence-electron chi connectivity index (χ2n) is 5.77. The summed E-state index contributed by atoms with van der Waals surface area (Å²) in [5.74, 6) is -0.316. The van der Waals surface area contributed by atoms with Crippen LogP contribution in [0.5, 0.6) is 0 Å². The zero-order chi connectivity index (χ0) is 15.7. The van der Waals surface area contributed by atoms with E-state index < -0.39 is 11.9 Å². The third kappa shape index (κ3) is 3.17. The van der Waals surface area contributed by atoms with Crippen LogP contribution in [0.1, 0.15) is 43.1 Å². The molecule has 0 saturated carbocycles. The summed E-state index contributed by atoms with van der Waals surface area (Å²) in [6.45, 7) is 2.28. The topological polar surface area (TPSA) is 64.3 Å². The van der Waals surface area contributed by atoms with Gasteiger partial charge in [-0.2, -0.15) is 13.2 Å². The number of aromatic nitrogens is 2. The Morgan fingerprint density at radius 2 is 1.91 bits per heavy atom. The van der Waals surface area contributed by atoms with Crippen LogP contribution in [0.25, 0.3) is 0 Å². The molecule has 0 aromatic carbocycles. The highest BCUT2D eigenvalue weighted by molar-refractivity contribution is 5.26. The molecule has 2 N–H and O–H groups in total. The van der Waals surface area contributed by atoms with E-state index in [1.807, 2.05) is 0 Å². The van der Waals surface area contributed by atoms with Gasteiger partial charge in [0.1, 0.15) is 5.69 Å². The normalized spacial score (nSPS) is 24.8. The molecule has 0 bridgehead atoms. The molecule has 3 heterocycles. The second-order valence-corrected chi connectivity index (χ2v) is 5.77. The molecule has 2 aliphatic rings. The summed E-state index contributed by atoms with van der Waals surface area (Å²) >= 11 is 0. The number of nitrogens with two attached hydrogens (primary N) is 1. The Balaban J connectivity index is 1.87. The average molecular weight is 316 g/mol. The number of rotatable bonds is 2. The van der Waals surface area contributed by atoms with Crippen molar-refractivity contribution in [2.24, 2.45) is 0 Å². The lowest BCUT2D eigenvalue weighted by molar-refractivity contribution is -0.141. The van der Waals surface area contributed by atoms with Gasteiger partial charge in [-0.15, -0.1) is 0 Å². The van der Waals surface area contributed by atoms with Crippen LogP contribution in [0.2, 0.25) is 0 Å². The highest BCUT2D eigenvalue weighted by atomic mass is 19.4. The van der Waals surface area contributed by atoms with Gasteiger partial charge in [-0.3, -0.25) is 4.90 Å². The zero-order valence-electron chi connectivity index (χ0n) is 12.1. The highest BCUT2D eigenvalue weighted by Gasteiger charge is 2.37. The Morgan fingerprint density at radius 1 is 1.18 bits per heavy atom. The lowest BCUT2D eigenvalue weighted by Crippen LogP contribution is -2.39. The quantitative estimate of drug-likeness (QED) is 0.907. The van der Waals surface area contributed by atoms with E-state index >= 15 is 0 Å². The molecule has 2 aliphatic heterocycles. The standard InChI is InChI=1S/C14H19F3N4O/c15-14(16,17)12-8-10(19-13(18)20-12)11-2-1-5-21(11)9-3-6-22-7-4-9/h8-9,11H,1-7H2,(H2,18,19,20). The van der Waals surface area contributed by atoms with Crippen LogP contribution in [0, 0.1) is 0 Å². The Bertz CT molecular complexity index is 531. The van der Waals surface area contributed by atoms with Crippen LogP contribution >= 0.6 is 0 Å². The molecule has 0 amide bonds. The predicted molar refractivity (Wildman–Crippen MR) is 74.0 cm³/mol. The first-order chi connectivity index (χ1) is 10.4. The maximum Gasteiger partial charge on any atom is 0.433 e. The minimum Gasteiger partial charge on any atom is -0.381 e. The summed E-state index contributed by atoms with van der Waals surface area (Å²) < 4.78 is 44.1. The first kappa shape index (κ1) is 15.5. The van der Waals surface area contributed by atoms with Crippen molar-refractivity contribution in [2.45, 2.75) is 43.9 Å². The number of likely N-dealkylation sites (tertiary alicyclic amines) is 1. The van der Waals surface area contributed by atoms with Crippen LogP contribution < -0.4 is 5.73 Å². The molecule has 0 spiro atoms. The van der Waals surface area contributed by atoms with E-state index in [1.165, 1.54) is 0 Å². The van der Waals surface area contributed by atoms with Crippen LogP contribution in [0.4, 0.5) is 19.1 Å². The van der Waals surface area contributed by atoms with Gasteiger partial charge >= 0.3 is 6.18 Å². The minimum atomic E-state index is -4.51. The van der Waals surface area contributed by atoms with Gasteiger partial charge in [-0.05, 0) is 38.3 Å². The lowest BCUT2D eigenvalue weighted by Gasteiger charge is -2.35. The van der Waals surface area contributed by atoms with Crippen molar-refractivity contribution in [1.29, 1.82) is 0 Å². The zero-order valence-corrected chi connectivity index (χ0v) is 12.1. The second kappa shape index (κ2) is 6.00. The molecular formula is C14H19F3N4O. The van der Waals surface area contributed by atoms with Crippen molar-refractivity contribution in [3.63, 3.8) is 0 Å². The fourth-order valence-electron chi connectivity index (χ4n) is 3.36. The van der Waals surface area contributed by atoms with Gasteiger partial charge in [0.2, 0.25) is 5.95 Å². The number of hydrogen-bond acceptors (Lipinski definition) is 5. The largest absolute Gasteiger partial charge is 0.433 e. The smallest absolute Gasteiger partial charge is 0.381 e. The molecule has 1 unspecified atom stereocenters. The molecule has 1 aromatic rings. The number of halogens is 3. The van der Waals surface area contributed by atoms with E-state index in [1.54, 1.807) is 0 Å². The summed E-state index contributed by atoms with van der Waals surface area (Å²) in [6.07, 6.45) is -0.946. The van der Waals surface area contributed by atoms with Gasteiger partial charge in [0.15, 0.2) is 0 Å². The number of anilines is 1. The SMILES string of the molecule is Nc1nc(C2CCCN2C2CCOCC2)cc(C(F)(F)F)n1. The Morgan fingerprint density at radius 3 is 2.59 bits per heavy atom. The first-order valence-electron chi connectivity index (χ1n) is 7.50. The van der Waals surface area contributed by atoms with Crippen LogP contribution in [-0.2, 0) is 10.9 Å². The van der Waals surface area contributed by atoms with E-state index in [0.717, 1.165) is 38.3 Å². The third-order valence-electron chi connectivity index (χ3n) is 4.35. The van der Waals surface area contributed by atoms with E-state index in [4.69, 9.17) is 10.5 Å². The Hall–Kier alpha value is -1.41. The number of nitrogens with zero attached hydrogens (tertiary/aromatic N) is 3. The summed E-state index contributed by atoms with van der Waals surface area (Å²) in [7, 11) is 0. The van der Waals surface area contributed by atoms with Crippen LogP contribution in [0.3, 0.4) is 0 Å². The molecule has 1 aromatic heterocycles. The van der Waals surface area contributed by atoms with Gasteiger partial charge in [0, 0.05) is 19.3 Å². The minimum absolute atomic E-state index is 0.116. The van der Waals surface area contributed by atoms with E-state index in [-0.39, 0.29) is 12.0 Å². The molecule has 22 heavy (non-hydrogen) atoms. The molecule has 2 saturated heterocycles. The van der Waals surface area contributed by atoms with Gasteiger partial charge in [-0.25, -0.2) is 9.97 Å². The van der Waals surface area contributed by atoms with Crippen molar-refractivity contribution in [3.8, 4) is 0 Å². The van der Waals surface area contributed by atoms with Crippen LogP contribution in [-0.4, -0.2) is 40.7 Å². The molecular weight excluding hydrogens is 297 g/mol. The molecule has 1 atom stereocenters. The summed E-state index contributed by atoms with van der Waals surface area (Å²) in [4.78, 5) is 9.64. The molecule has 3 rings (SSSR count). The average Bonchev–Trinajstić information content (AvgIpc) is 2.96. The molecule has 5 nitrogen and oxygen atoms in total. The predicted octanol–water partition coefficient (Wildman–Crippen LogP) is 2.39. The fraction of sp³-hybridized carbons (Fsp3) is 0.714. The highest BCUT2D eigenvalue weighted by Crippen LogP contribution is 2.37. The first-order valence-corrected chi connectivity index (χ1v) is 7.50. The van der Waals surface area contributed by atoms with Gasteiger partial charge in [-0.1, -0.05) is 0 Å². The third-order valence-corrected chi connectivity index (χ3v) is 4.35. The molecule has 0 radical (unpaired) electrons. The van der Waals surface area contributed by atoms with E-state index in [9.17, 15) is 13.2 Å². The fourth-order valence-corrected chi connectivity index (χ4v) is 3.36. The number of alkyl halides is 3. The molecule has 122 valence electrons. The van der Waals surface area contributed by atoms with Crippen molar-refractivity contribution >= 4 is 5.95 Å². The van der Waals surface area contributed by atoms with Crippen molar-refractivity contribution in [2.75, 3.05) is 25.5 Å². The monoisotopic (exact) mass is 316 g/mol. The molecule has 0 aliphatic carbocycles. The number of nitrogen functional groups attached to an aromatic ring is 1. The summed E-state index contributed by atoms with van der Waals surface area (Å²) in [5.41, 5.74) is 4.90. The number of hydrogen-bond donors (Lipinski definition) is 1. The maximum atomic E-state index is 12.9. The lowest BCUT2D eigenvalue weighted by atomic mass is 10.0. The number of ether oxygens (including phenoxy) is 1. The van der Waals surface area contributed by atoms with E-state index in [0.29, 0.717) is 24.9 Å². The van der Waals surface area contributed by atoms with Gasteiger partial charge in [0.05, 0.1) is 11.7 Å². The molecule has 2 fully saturated rings.